The van der Waals surface area contributed by atoms with Gasteiger partial charge in [0.25, 0.3) is 10.0 Å². The van der Waals surface area contributed by atoms with Crippen molar-refractivity contribution in [3.63, 3.8) is 0 Å². The van der Waals surface area contributed by atoms with Crippen LogP contribution < -0.4 is 9.46 Å². The van der Waals surface area contributed by atoms with E-state index < -0.39 is 10.0 Å². The van der Waals surface area contributed by atoms with Crippen LogP contribution in [-0.2, 0) is 10.0 Å². The Balaban J connectivity index is 2.35. The summed E-state index contributed by atoms with van der Waals surface area (Å²) in [6.07, 6.45) is 0. The molecular weight excluding hydrogens is 342 g/mol. The highest BCUT2D eigenvalue weighted by molar-refractivity contribution is 9.10. The van der Waals surface area contributed by atoms with Crippen LogP contribution in [0.2, 0.25) is 0 Å². The SMILES string of the molecule is COc1cc(Br)ccc1NS(=O)(=O)c1ccc(C)cc1. The van der Waals surface area contributed by atoms with E-state index in [-0.39, 0.29) is 4.90 Å². The molecule has 0 radical (unpaired) electrons. The van der Waals surface area contributed by atoms with Gasteiger partial charge in [0.1, 0.15) is 5.75 Å². The fourth-order valence-electron chi connectivity index (χ4n) is 1.67. The lowest BCUT2D eigenvalue weighted by atomic mass is 10.2. The molecule has 0 bridgehead atoms. The van der Waals surface area contributed by atoms with Crippen molar-refractivity contribution in [2.45, 2.75) is 11.8 Å². The third kappa shape index (κ3) is 3.32. The van der Waals surface area contributed by atoms with E-state index in [1.54, 1.807) is 42.5 Å². The third-order valence-corrected chi connectivity index (χ3v) is 4.61. The van der Waals surface area contributed by atoms with Crippen LogP contribution in [0, 0.1) is 6.92 Å². The van der Waals surface area contributed by atoms with Gasteiger partial charge in [-0.2, -0.15) is 0 Å². The second-order valence-electron chi connectivity index (χ2n) is 4.26. The Bertz CT molecular complexity index is 712. The maximum absolute atomic E-state index is 12.3. The number of sulfonamides is 1. The van der Waals surface area contributed by atoms with Crippen molar-refractivity contribution in [2.75, 3.05) is 11.8 Å². The summed E-state index contributed by atoms with van der Waals surface area (Å²) >= 11 is 3.31. The molecule has 0 heterocycles. The zero-order chi connectivity index (χ0) is 14.8. The minimum Gasteiger partial charge on any atom is -0.495 e. The Hall–Kier alpha value is -1.53. The van der Waals surface area contributed by atoms with Crippen molar-refractivity contribution in [1.29, 1.82) is 0 Å². The number of methoxy groups -OCH3 is 1. The maximum atomic E-state index is 12.3. The van der Waals surface area contributed by atoms with Gasteiger partial charge in [-0.05, 0) is 37.3 Å². The number of hydrogen-bond acceptors (Lipinski definition) is 3. The van der Waals surface area contributed by atoms with Crippen molar-refractivity contribution in [3.8, 4) is 5.75 Å². The predicted octanol–water partition coefficient (Wildman–Crippen LogP) is 3.57. The summed E-state index contributed by atoms with van der Waals surface area (Å²) < 4.78 is 33.1. The Kier molecular flexibility index (Phi) is 4.35. The molecule has 0 aliphatic carbocycles. The lowest BCUT2D eigenvalue weighted by Crippen LogP contribution is -2.13. The minimum absolute atomic E-state index is 0.216. The van der Waals surface area contributed by atoms with Gasteiger partial charge in [0.05, 0.1) is 17.7 Å². The fraction of sp³-hybridized carbons (Fsp3) is 0.143. The van der Waals surface area contributed by atoms with Crippen molar-refractivity contribution in [1.82, 2.24) is 0 Å². The van der Waals surface area contributed by atoms with Crippen molar-refractivity contribution >= 4 is 31.6 Å². The van der Waals surface area contributed by atoms with Gasteiger partial charge < -0.3 is 4.74 Å². The van der Waals surface area contributed by atoms with E-state index in [9.17, 15) is 8.42 Å². The average molecular weight is 356 g/mol. The normalized spacial score (nSPS) is 11.2. The molecule has 6 heteroatoms. The van der Waals surface area contributed by atoms with Crippen LogP contribution in [0.5, 0.6) is 5.75 Å². The average Bonchev–Trinajstić information content (AvgIpc) is 2.41. The summed E-state index contributed by atoms with van der Waals surface area (Å²) in [6.45, 7) is 1.90. The summed E-state index contributed by atoms with van der Waals surface area (Å²) in [5, 5.41) is 0. The van der Waals surface area contributed by atoms with Crippen LogP contribution in [-0.4, -0.2) is 15.5 Å². The van der Waals surface area contributed by atoms with Crippen molar-refractivity contribution < 1.29 is 13.2 Å². The van der Waals surface area contributed by atoms with Crippen LogP contribution in [0.4, 0.5) is 5.69 Å². The van der Waals surface area contributed by atoms with E-state index in [4.69, 9.17) is 4.74 Å². The first-order valence-corrected chi connectivity index (χ1v) is 8.13. The molecule has 2 aromatic rings. The summed E-state index contributed by atoms with van der Waals surface area (Å²) in [7, 11) is -2.13. The van der Waals surface area contributed by atoms with E-state index in [0.29, 0.717) is 11.4 Å². The molecule has 0 saturated heterocycles. The summed E-state index contributed by atoms with van der Waals surface area (Å²) in [4.78, 5) is 0.216. The van der Waals surface area contributed by atoms with Crippen LogP contribution >= 0.6 is 15.9 Å². The third-order valence-electron chi connectivity index (χ3n) is 2.74. The molecule has 106 valence electrons. The number of nitrogens with one attached hydrogen (secondary N) is 1. The maximum Gasteiger partial charge on any atom is 0.262 e. The van der Waals surface area contributed by atoms with Gasteiger partial charge in [-0.3, -0.25) is 4.72 Å². The summed E-state index contributed by atoms with van der Waals surface area (Å²) in [6, 6.07) is 11.8. The number of benzene rings is 2. The van der Waals surface area contributed by atoms with E-state index in [0.717, 1.165) is 10.0 Å². The highest BCUT2D eigenvalue weighted by Gasteiger charge is 2.16. The van der Waals surface area contributed by atoms with E-state index in [1.807, 2.05) is 6.92 Å². The molecule has 0 spiro atoms. The zero-order valence-corrected chi connectivity index (χ0v) is 13.5. The Morgan fingerprint density at radius 1 is 1.10 bits per heavy atom. The summed E-state index contributed by atoms with van der Waals surface area (Å²) in [5.41, 5.74) is 1.40. The Morgan fingerprint density at radius 2 is 1.75 bits per heavy atom. The van der Waals surface area contributed by atoms with Crippen LogP contribution in [0.1, 0.15) is 5.56 Å². The van der Waals surface area contributed by atoms with Gasteiger partial charge in [-0.1, -0.05) is 33.6 Å². The molecule has 0 aliphatic rings. The van der Waals surface area contributed by atoms with Gasteiger partial charge in [-0.25, -0.2) is 8.42 Å². The monoisotopic (exact) mass is 355 g/mol. The standard InChI is InChI=1S/C14H14BrNO3S/c1-10-3-6-12(7-4-10)20(17,18)16-13-8-5-11(15)9-14(13)19-2/h3-9,16H,1-2H3. The molecular formula is C14H14BrNO3S. The summed E-state index contributed by atoms with van der Waals surface area (Å²) in [5.74, 6) is 0.454. The molecule has 0 fully saturated rings. The first kappa shape index (κ1) is 14.9. The molecule has 0 atom stereocenters. The smallest absolute Gasteiger partial charge is 0.262 e. The largest absolute Gasteiger partial charge is 0.495 e. The molecule has 2 rings (SSSR count). The second kappa shape index (κ2) is 5.85. The van der Waals surface area contributed by atoms with E-state index in [1.165, 1.54) is 7.11 Å². The van der Waals surface area contributed by atoms with Gasteiger partial charge in [0, 0.05) is 4.47 Å². The topological polar surface area (TPSA) is 55.4 Å². The highest BCUT2D eigenvalue weighted by Crippen LogP contribution is 2.29. The second-order valence-corrected chi connectivity index (χ2v) is 6.86. The van der Waals surface area contributed by atoms with E-state index >= 15 is 0 Å². The van der Waals surface area contributed by atoms with Gasteiger partial charge in [-0.15, -0.1) is 0 Å². The quantitative estimate of drug-likeness (QED) is 0.911. The Morgan fingerprint density at radius 3 is 2.35 bits per heavy atom. The number of ether oxygens (including phenoxy) is 1. The molecule has 0 unspecified atom stereocenters. The molecule has 0 amide bonds. The molecule has 20 heavy (non-hydrogen) atoms. The fourth-order valence-corrected chi connectivity index (χ4v) is 3.08. The first-order valence-electron chi connectivity index (χ1n) is 5.85. The number of aryl methyl sites for hydroxylation is 1. The number of rotatable bonds is 4. The van der Waals surface area contributed by atoms with Crippen LogP contribution in [0.25, 0.3) is 0 Å². The Labute approximate surface area is 127 Å². The molecule has 0 aromatic heterocycles. The first-order chi connectivity index (χ1) is 9.42. The highest BCUT2D eigenvalue weighted by atomic mass is 79.9. The lowest BCUT2D eigenvalue weighted by Gasteiger charge is -2.12. The molecule has 0 aliphatic heterocycles. The van der Waals surface area contributed by atoms with Gasteiger partial charge in [0.15, 0.2) is 0 Å². The van der Waals surface area contributed by atoms with Gasteiger partial charge in [0.2, 0.25) is 0 Å². The lowest BCUT2D eigenvalue weighted by molar-refractivity contribution is 0.416. The minimum atomic E-state index is -3.62. The zero-order valence-electron chi connectivity index (χ0n) is 11.1. The number of anilines is 1. The molecule has 2 aromatic carbocycles. The molecule has 0 saturated carbocycles. The van der Waals surface area contributed by atoms with Gasteiger partial charge >= 0.3 is 0 Å². The van der Waals surface area contributed by atoms with Crippen LogP contribution in [0.15, 0.2) is 51.8 Å². The van der Waals surface area contributed by atoms with Crippen molar-refractivity contribution in [2.24, 2.45) is 0 Å². The van der Waals surface area contributed by atoms with E-state index in [2.05, 4.69) is 20.7 Å². The molecule has 4 nitrogen and oxygen atoms in total. The predicted molar refractivity (Wildman–Crippen MR) is 82.7 cm³/mol. The number of halogens is 1. The number of hydrogen-bond donors (Lipinski definition) is 1. The molecule has 1 N–H and O–H groups in total. The van der Waals surface area contributed by atoms with Crippen molar-refractivity contribution in [3.05, 3.63) is 52.5 Å². The van der Waals surface area contributed by atoms with Crippen LogP contribution in [0.3, 0.4) is 0 Å².